The van der Waals surface area contributed by atoms with Gasteiger partial charge in [0.2, 0.25) is 5.91 Å². The lowest BCUT2D eigenvalue weighted by molar-refractivity contribution is -0.120. The number of H-pyrrole nitrogens is 1. The van der Waals surface area contributed by atoms with Crippen molar-refractivity contribution in [1.29, 1.82) is 0 Å². The van der Waals surface area contributed by atoms with Gasteiger partial charge in [0.1, 0.15) is 0 Å². The van der Waals surface area contributed by atoms with Crippen LogP contribution >= 0.6 is 0 Å². The number of fused-ring (bicyclic) bond motifs is 4. The first-order valence-corrected chi connectivity index (χ1v) is 8.82. The molecule has 0 spiro atoms. The van der Waals surface area contributed by atoms with Gasteiger partial charge in [-0.3, -0.25) is 10.1 Å². The molecule has 2 atom stereocenters. The van der Waals surface area contributed by atoms with E-state index in [4.69, 9.17) is 5.73 Å². The predicted molar refractivity (Wildman–Crippen MR) is 103 cm³/mol. The van der Waals surface area contributed by atoms with Crippen molar-refractivity contribution >= 4 is 27.7 Å². The number of nitrogens with two attached hydrogens (primary N) is 1. The molecule has 1 aliphatic heterocycles. The highest BCUT2D eigenvalue weighted by Crippen LogP contribution is 2.38. The molecular formula is C21H20N4O. The fourth-order valence-electron chi connectivity index (χ4n) is 4.27. The predicted octanol–water partition coefficient (Wildman–Crippen LogP) is 2.75. The fraction of sp³-hybridized carbons (Fsp3) is 0.190. The Balaban J connectivity index is 1.77. The highest BCUT2D eigenvalue weighted by molar-refractivity contribution is 5.90. The summed E-state index contributed by atoms with van der Waals surface area (Å²) in [7, 11) is 2.05. The molecule has 0 bridgehead atoms. The van der Waals surface area contributed by atoms with Crippen LogP contribution in [0.5, 0.6) is 0 Å². The van der Waals surface area contributed by atoms with E-state index < -0.39 is 0 Å². The lowest BCUT2D eigenvalue weighted by atomic mass is 9.90. The van der Waals surface area contributed by atoms with Gasteiger partial charge < -0.3 is 15.3 Å². The number of amides is 1. The van der Waals surface area contributed by atoms with Crippen LogP contribution in [0.15, 0.2) is 54.7 Å². The number of carbonyl (C=O) groups is 1. The summed E-state index contributed by atoms with van der Waals surface area (Å²) in [6.07, 6.45) is 2.75. The summed E-state index contributed by atoms with van der Waals surface area (Å²) in [6.45, 7) is 0. The summed E-state index contributed by atoms with van der Waals surface area (Å²) in [5, 5.41) is 5.82. The van der Waals surface area contributed by atoms with Crippen molar-refractivity contribution in [1.82, 2.24) is 14.9 Å². The Kier molecular flexibility index (Phi) is 3.21. The monoisotopic (exact) mass is 344 g/mol. The first-order chi connectivity index (χ1) is 12.6. The molecule has 0 radical (unpaired) electrons. The SMILES string of the molecule is Cn1cc([C@@H]2N[C@@H](C(N)=O)Cc3c2[nH]c2ccccc32)c2ccccc21. The maximum atomic E-state index is 12.0. The molecule has 2 aromatic carbocycles. The minimum atomic E-state index is -0.384. The molecule has 5 heteroatoms. The van der Waals surface area contributed by atoms with Gasteiger partial charge in [0.05, 0.1) is 12.1 Å². The molecular weight excluding hydrogens is 324 g/mol. The number of carbonyl (C=O) groups excluding carboxylic acids is 1. The van der Waals surface area contributed by atoms with Gasteiger partial charge in [-0.05, 0) is 24.1 Å². The number of hydrogen-bond donors (Lipinski definition) is 3. The average Bonchev–Trinajstić information content (AvgIpc) is 3.19. The molecule has 5 nitrogen and oxygen atoms in total. The number of nitrogens with one attached hydrogen (secondary N) is 2. The Bertz CT molecular complexity index is 1150. The largest absolute Gasteiger partial charge is 0.368 e. The second-order valence-electron chi connectivity index (χ2n) is 7.03. The van der Waals surface area contributed by atoms with Gasteiger partial charge >= 0.3 is 0 Å². The smallest absolute Gasteiger partial charge is 0.234 e. The van der Waals surface area contributed by atoms with Crippen LogP contribution in [0.1, 0.15) is 22.9 Å². The number of benzene rings is 2. The number of rotatable bonds is 2. The molecule has 0 saturated heterocycles. The van der Waals surface area contributed by atoms with Crippen LogP contribution < -0.4 is 11.1 Å². The molecule has 1 amide bonds. The molecule has 0 fully saturated rings. The second-order valence-corrected chi connectivity index (χ2v) is 7.03. The van der Waals surface area contributed by atoms with Crippen molar-refractivity contribution in [3.63, 3.8) is 0 Å². The van der Waals surface area contributed by atoms with Crippen molar-refractivity contribution in [2.45, 2.75) is 18.5 Å². The van der Waals surface area contributed by atoms with Gasteiger partial charge in [-0.1, -0.05) is 36.4 Å². The van der Waals surface area contributed by atoms with Crippen molar-refractivity contribution in [2.24, 2.45) is 12.8 Å². The summed E-state index contributed by atoms with van der Waals surface area (Å²) in [6, 6.07) is 16.1. The average molecular weight is 344 g/mol. The minimum Gasteiger partial charge on any atom is -0.368 e. The second kappa shape index (κ2) is 5.47. The van der Waals surface area contributed by atoms with Crippen molar-refractivity contribution in [3.05, 3.63) is 71.5 Å². The first kappa shape index (κ1) is 15.2. The number of primary amides is 1. The third-order valence-corrected chi connectivity index (χ3v) is 5.49. The Morgan fingerprint density at radius 1 is 1.12 bits per heavy atom. The van der Waals surface area contributed by atoms with E-state index in [1.54, 1.807) is 0 Å². The van der Waals surface area contributed by atoms with E-state index in [9.17, 15) is 4.79 Å². The zero-order valence-corrected chi connectivity index (χ0v) is 14.5. The van der Waals surface area contributed by atoms with E-state index in [-0.39, 0.29) is 18.0 Å². The molecule has 4 aromatic rings. The topological polar surface area (TPSA) is 75.8 Å². The van der Waals surface area contributed by atoms with Gasteiger partial charge in [-0.2, -0.15) is 0 Å². The van der Waals surface area contributed by atoms with E-state index in [0.717, 1.165) is 16.8 Å². The number of aromatic nitrogens is 2. The van der Waals surface area contributed by atoms with Gasteiger partial charge in [0.15, 0.2) is 0 Å². The third kappa shape index (κ3) is 2.10. The normalized spacial score (nSPS) is 19.7. The maximum absolute atomic E-state index is 12.0. The zero-order valence-electron chi connectivity index (χ0n) is 14.5. The summed E-state index contributed by atoms with van der Waals surface area (Å²) in [5.74, 6) is -0.314. The van der Waals surface area contributed by atoms with Gasteiger partial charge in [0.25, 0.3) is 0 Å². The molecule has 0 saturated carbocycles. The lowest BCUT2D eigenvalue weighted by Crippen LogP contribution is -2.47. The number of hydrogen-bond acceptors (Lipinski definition) is 2. The van der Waals surface area contributed by atoms with E-state index in [2.05, 4.69) is 45.3 Å². The Morgan fingerprint density at radius 2 is 1.85 bits per heavy atom. The Labute approximate surface area is 150 Å². The van der Waals surface area contributed by atoms with Crippen molar-refractivity contribution < 1.29 is 4.79 Å². The number of nitrogens with zero attached hydrogens (tertiary/aromatic N) is 1. The van der Waals surface area contributed by atoms with Crippen molar-refractivity contribution in [2.75, 3.05) is 0 Å². The van der Waals surface area contributed by atoms with Crippen LogP contribution in [0, 0.1) is 0 Å². The summed E-state index contributed by atoms with van der Waals surface area (Å²) < 4.78 is 2.13. The van der Waals surface area contributed by atoms with E-state index >= 15 is 0 Å². The van der Waals surface area contributed by atoms with Gasteiger partial charge in [0, 0.05) is 46.3 Å². The molecule has 0 aliphatic carbocycles. The molecule has 1 aliphatic rings. The van der Waals surface area contributed by atoms with Gasteiger partial charge in [-0.25, -0.2) is 0 Å². The van der Waals surface area contributed by atoms with Crippen LogP contribution in [0.3, 0.4) is 0 Å². The zero-order chi connectivity index (χ0) is 17.8. The molecule has 130 valence electrons. The first-order valence-electron chi connectivity index (χ1n) is 8.82. The number of para-hydroxylation sites is 2. The summed E-state index contributed by atoms with van der Waals surface area (Å²) >= 11 is 0. The quantitative estimate of drug-likeness (QED) is 0.523. The highest BCUT2D eigenvalue weighted by Gasteiger charge is 2.34. The van der Waals surface area contributed by atoms with Crippen LogP contribution in [0.4, 0.5) is 0 Å². The molecule has 4 N–H and O–H groups in total. The lowest BCUT2D eigenvalue weighted by Gasteiger charge is -2.29. The third-order valence-electron chi connectivity index (χ3n) is 5.49. The Hall–Kier alpha value is -3.05. The summed E-state index contributed by atoms with van der Waals surface area (Å²) in [4.78, 5) is 15.6. The molecule has 3 heterocycles. The molecule has 2 aromatic heterocycles. The molecule has 26 heavy (non-hydrogen) atoms. The van der Waals surface area contributed by atoms with Crippen LogP contribution in [0.25, 0.3) is 21.8 Å². The van der Waals surface area contributed by atoms with Crippen LogP contribution in [-0.4, -0.2) is 21.5 Å². The standard InChI is InChI=1S/C21H20N4O/c1-25-11-15(13-7-3-5-9-18(13)25)20-19-14(10-17(24-20)21(22)26)12-6-2-4-8-16(12)23-19/h2-9,11,17,20,23-24H,10H2,1H3,(H2,22,26)/t17-,20+/m1/s1. The summed E-state index contributed by atoms with van der Waals surface area (Å²) in [5.41, 5.74) is 11.4. The Morgan fingerprint density at radius 3 is 2.65 bits per heavy atom. The number of aryl methyl sites for hydroxylation is 1. The van der Waals surface area contributed by atoms with Crippen LogP contribution in [-0.2, 0) is 18.3 Å². The van der Waals surface area contributed by atoms with Crippen LogP contribution in [0.2, 0.25) is 0 Å². The highest BCUT2D eigenvalue weighted by atomic mass is 16.1. The maximum Gasteiger partial charge on any atom is 0.234 e. The van der Waals surface area contributed by atoms with E-state index in [1.807, 2.05) is 31.3 Å². The molecule has 0 unspecified atom stereocenters. The van der Waals surface area contributed by atoms with E-state index in [1.165, 1.54) is 21.9 Å². The number of aromatic amines is 1. The molecule has 5 rings (SSSR count). The van der Waals surface area contributed by atoms with Gasteiger partial charge in [-0.15, -0.1) is 0 Å². The fourth-order valence-corrected chi connectivity index (χ4v) is 4.27. The van der Waals surface area contributed by atoms with E-state index in [0.29, 0.717) is 6.42 Å². The minimum absolute atomic E-state index is 0.102. The van der Waals surface area contributed by atoms with Crippen molar-refractivity contribution in [3.8, 4) is 0 Å².